The molecule has 0 saturated carbocycles. The van der Waals surface area contributed by atoms with E-state index in [-0.39, 0.29) is 0 Å². The first-order valence-corrected chi connectivity index (χ1v) is 7.40. The Morgan fingerprint density at radius 3 is 2.76 bits per heavy atom. The smallest absolute Gasteiger partial charge is 0.123 e. The van der Waals surface area contributed by atoms with Crippen molar-refractivity contribution < 1.29 is 14.9 Å². The molecule has 0 aromatic heterocycles. The Labute approximate surface area is 124 Å². The second-order valence-corrected chi connectivity index (χ2v) is 5.62. The lowest BCUT2D eigenvalue weighted by Crippen LogP contribution is -1.93. The lowest BCUT2D eigenvalue weighted by Gasteiger charge is -2.09. The molecule has 0 atom stereocenters. The fourth-order valence-electron chi connectivity index (χ4n) is 2.85. The van der Waals surface area contributed by atoms with Crippen LogP contribution in [0.25, 0.3) is 0 Å². The van der Waals surface area contributed by atoms with Gasteiger partial charge < -0.3 is 14.9 Å². The van der Waals surface area contributed by atoms with Crippen molar-refractivity contribution >= 4 is 0 Å². The second-order valence-electron chi connectivity index (χ2n) is 5.62. The lowest BCUT2D eigenvalue weighted by atomic mass is 10.00. The summed E-state index contributed by atoms with van der Waals surface area (Å²) >= 11 is 0. The molecule has 0 saturated heterocycles. The Kier molecular flexibility index (Phi) is 3.74. The molecule has 3 heteroatoms. The maximum Gasteiger partial charge on any atom is 0.123 e. The zero-order valence-electron chi connectivity index (χ0n) is 12.2. The number of fused-ring (bicyclic) bond motifs is 1. The molecule has 2 N–H and O–H groups in total. The largest absolute Gasteiger partial charge is 0.508 e. The first-order chi connectivity index (χ1) is 10.1. The maximum atomic E-state index is 10.1. The van der Waals surface area contributed by atoms with Gasteiger partial charge in [0.1, 0.15) is 17.2 Å². The van der Waals surface area contributed by atoms with Gasteiger partial charge in [-0.3, -0.25) is 0 Å². The second kappa shape index (κ2) is 5.68. The molecule has 0 amide bonds. The van der Waals surface area contributed by atoms with Gasteiger partial charge in [-0.2, -0.15) is 0 Å². The lowest BCUT2D eigenvalue weighted by molar-refractivity contribution is 0.356. The van der Waals surface area contributed by atoms with E-state index in [0.29, 0.717) is 18.1 Å². The highest BCUT2D eigenvalue weighted by Gasteiger charge is 2.15. The van der Waals surface area contributed by atoms with E-state index in [0.717, 1.165) is 53.7 Å². The molecule has 3 nitrogen and oxygen atoms in total. The van der Waals surface area contributed by atoms with Crippen LogP contribution in [0.1, 0.15) is 28.7 Å². The standard InChI is InChI=1S/C18H20O3/c1-12-4-2-5-13(18(12)20)6-3-7-14-11-17-15(8-9-21-17)10-16(14)19/h2,4-5,10-11,19-20H,3,6-9H2,1H3. The zero-order valence-corrected chi connectivity index (χ0v) is 12.2. The summed E-state index contributed by atoms with van der Waals surface area (Å²) in [5.41, 5.74) is 3.88. The SMILES string of the molecule is Cc1cccc(CCCc2cc3c(cc2O)CCO3)c1O. The fraction of sp³-hybridized carbons (Fsp3) is 0.333. The molecule has 1 aliphatic heterocycles. The van der Waals surface area contributed by atoms with E-state index in [2.05, 4.69) is 0 Å². The van der Waals surface area contributed by atoms with Crippen molar-refractivity contribution in [2.24, 2.45) is 0 Å². The summed E-state index contributed by atoms with van der Waals surface area (Å²) in [7, 11) is 0. The molecule has 110 valence electrons. The van der Waals surface area contributed by atoms with E-state index in [1.54, 1.807) is 0 Å². The third-order valence-electron chi connectivity index (χ3n) is 4.10. The topological polar surface area (TPSA) is 49.7 Å². The molecule has 0 radical (unpaired) electrons. The fourth-order valence-corrected chi connectivity index (χ4v) is 2.85. The highest BCUT2D eigenvalue weighted by molar-refractivity contribution is 5.47. The third-order valence-corrected chi connectivity index (χ3v) is 4.10. The maximum absolute atomic E-state index is 10.1. The number of benzene rings is 2. The molecule has 2 aromatic carbocycles. The Balaban J connectivity index is 1.67. The van der Waals surface area contributed by atoms with Crippen LogP contribution in [-0.2, 0) is 19.3 Å². The van der Waals surface area contributed by atoms with Crippen LogP contribution in [0, 0.1) is 6.92 Å². The van der Waals surface area contributed by atoms with Gasteiger partial charge in [-0.1, -0.05) is 18.2 Å². The van der Waals surface area contributed by atoms with Crippen molar-refractivity contribution in [3.8, 4) is 17.2 Å². The van der Waals surface area contributed by atoms with Crippen molar-refractivity contribution in [3.63, 3.8) is 0 Å². The number of hydrogen-bond acceptors (Lipinski definition) is 3. The summed E-state index contributed by atoms with van der Waals surface area (Å²) in [6, 6.07) is 9.59. The molecular weight excluding hydrogens is 264 g/mol. The van der Waals surface area contributed by atoms with Crippen LogP contribution in [0.2, 0.25) is 0 Å². The van der Waals surface area contributed by atoms with Crippen LogP contribution in [0.15, 0.2) is 30.3 Å². The normalized spacial score (nSPS) is 13.0. The van der Waals surface area contributed by atoms with Gasteiger partial charge in [0.2, 0.25) is 0 Å². The van der Waals surface area contributed by atoms with E-state index < -0.39 is 0 Å². The quantitative estimate of drug-likeness (QED) is 0.903. The molecule has 0 bridgehead atoms. The molecule has 1 heterocycles. The summed E-state index contributed by atoms with van der Waals surface area (Å²) in [6.07, 6.45) is 3.32. The Morgan fingerprint density at radius 1 is 1.10 bits per heavy atom. The Hall–Kier alpha value is -2.16. The molecule has 0 spiro atoms. The van der Waals surface area contributed by atoms with Crippen LogP contribution in [0.3, 0.4) is 0 Å². The van der Waals surface area contributed by atoms with Gasteiger partial charge in [-0.25, -0.2) is 0 Å². The van der Waals surface area contributed by atoms with Gasteiger partial charge >= 0.3 is 0 Å². The van der Waals surface area contributed by atoms with E-state index in [9.17, 15) is 10.2 Å². The number of phenolic OH excluding ortho intramolecular Hbond substituents is 2. The number of phenols is 2. The first kappa shape index (κ1) is 13.8. The average Bonchev–Trinajstić information content (AvgIpc) is 2.90. The third kappa shape index (κ3) is 2.82. The van der Waals surface area contributed by atoms with E-state index in [1.807, 2.05) is 37.3 Å². The minimum absolute atomic E-state index is 0.354. The molecule has 3 rings (SSSR count). The summed E-state index contributed by atoms with van der Waals surface area (Å²) in [5.74, 6) is 1.65. The van der Waals surface area contributed by atoms with Crippen molar-refractivity contribution in [1.82, 2.24) is 0 Å². The highest BCUT2D eigenvalue weighted by Crippen LogP contribution is 2.33. The van der Waals surface area contributed by atoms with Gasteiger partial charge in [0.05, 0.1) is 6.61 Å². The van der Waals surface area contributed by atoms with Crippen LogP contribution < -0.4 is 4.74 Å². The first-order valence-electron chi connectivity index (χ1n) is 7.40. The van der Waals surface area contributed by atoms with Gasteiger partial charge in [0.25, 0.3) is 0 Å². The monoisotopic (exact) mass is 284 g/mol. The number of para-hydroxylation sites is 1. The molecule has 0 fully saturated rings. The molecule has 21 heavy (non-hydrogen) atoms. The van der Waals surface area contributed by atoms with Gasteiger partial charge in [-0.05, 0) is 55.0 Å². The molecule has 0 unspecified atom stereocenters. The van der Waals surface area contributed by atoms with Crippen molar-refractivity contribution in [2.75, 3.05) is 6.61 Å². The summed E-state index contributed by atoms with van der Waals surface area (Å²) < 4.78 is 5.54. The van der Waals surface area contributed by atoms with Crippen LogP contribution in [0.4, 0.5) is 0 Å². The number of aryl methyl sites for hydroxylation is 3. The molecule has 2 aromatic rings. The van der Waals surface area contributed by atoms with Crippen molar-refractivity contribution in [2.45, 2.75) is 32.6 Å². The minimum atomic E-state index is 0.354. The predicted molar refractivity (Wildman–Crippen MR) is 82.2 cm³/mol. The van der Waals surface area contributed by atoms with E-state index >= 15 is 0 Å². The van der Waals surface area contributed by atoms with E-state index in [1.165, 1.54) is 0 Å². The molecule has 0 aliphatic carbocycles. The Bertz CT molecular complexity index is 662. The Morgan fingerprint density at radius 2 is 1.90 bits per heavy atom. The van der Waals surface area contributed by atoms with E-state index in [4.69, 9.17) is 4.74 Å². The average molecular weight is 284 g/mol. The van der Waals surface area contributed by atoms with Crippen molar-refractivity contribution in [3.05, 3.63) is 52.6 Å². The number of hydrogen-bond donors (Lipinski definition) is 2. The zero-order chi connectivity index (χ0) is 14.8. The predicted octanol–water partition coefficient (Wildman–Crippen LogP) is 3.52. The number of rotatable bonds is 4. The number of aromatic hydroxyl groups is 2. The summed E-state index contributed by atoms with van der Waals surface area (Å²) in [6.45, 7) is 2.61. The molecule has 1 aliphatic rings. The van der Waals surface area contributed by atoms with Gasteiger partial charge in [0, 0.05) is 12.0 Å². The van der Waals surface area contributed by atoms with Gasteiger partial charge in [-0.15, -0.1) is 0 Å². The van der Waals surface area contributed by atoms with Crippen LogP contribution in [0.5, 0.6) is 17.2 Å². The minimum Gasteiger partial charge on any atom is -0.508 e. The molecular formula is C18H20O3. The summed E-state index contributed by atoms with van der Waals surface area (Å²) in [4.78, 5) is 0. The van der Waals surface area contributed by atoms with Crippen molar-refractivity contribution in [1.29, 1.82) is 0 Å². The number of ether oxygens (including phenoxy) is 1. The van der Waals surface area contributed by atoms with Crippen LogP contribution >= 0.6 is 0 Å². The highest BCUT2D eigenvalue weighted by atomic mass is 16.5. The summed E-state index contributed by atoms with van der Waals surface area (Å²) in [5, 5.41) is 20.1. The van der Waals surface area contributed by atoms with Crippen LogP contribution in [-0.4, -0.2) is 16.8 Å². The van der Waals surface area contributed by atoms with Gasteiger partial charge in [0.15, 0.2) is 0 Å².